The van der Waals surface area contributed by atoms with E-state index in [1.807, 2.05) is 66.2 Å². The van der Waals surface area contributed by atoms with E-state index in [4.69, 9.17) is 9.47 Å². The van der Waals surface area contributed by atoms with Crippen molar-refractivity contribution in [2.75, 3.05) is 13.2 Å². The number of imidazole rings is 1. The van der Waals surface area contributed by atoms with Crippen molar-refractivity contribution in [3.63, 3.8) is 0 Å². The van der Waals surface area contributed by atoms with Gasteiger partial charge >= 0.3 is 0 Å². The van der Waals surface area contributed by atoms with Crippen molar-refractivity contribution < 1.29 is 22.7 Å². The van der Waals surface area contributed by atoms with Crippen LogP contribution >= 0.6 is 0 Å². The standard InChI is InChI=1S/C29H29N3O5S/c1-20-11-12-27(38(34)35)24(18-36-16-6-14-32-15-13-30-19-32)29(20)31-28(33)17-23-21-7-2-4-9-25(21)37-26-10-5-3-8-22(23)26/h2-5,7-13,15,19,23-24H,6,14,16-18H2,1H3,(H,31,33). The molecule has 0 saturated carbocycles. The molecule has 1 aromatic heterocycles. The smallest absolute Gasteiger partial charge is 0.225 e. The van der Waals surface area contributed by atoms with Gasteiger partial charge in [0.1, 0.15) is 11.5 Å². The lowest BCUT2D eigenvalue weighted by Gasteiger charge is -2.29. The lowest BCUT2D eigenvalue weighted by Crippen LogP contribution is -2.36. The van der Waals surface area contributed by atoms with Gasteiger partial charge in [-0.15, -0.1) is 0 Å². The van der Waals surface area contributed by atoms with Crippen LogP contribution in [0.1, 0.15) is 36.8 Å². The molecule has 2 aliphatic rings. The maximum atomic E-state index is 13.5. The molecule has 3 aromatic rings. The lowest BCUT2D eigenvalue weighted by molar-refractivity contribution is -0.120. The fourth-order valence-electron chi connectivity index (χ4n) is 4.94. The third kappa shape index (κ3) is 5.64. The van der Waals surface area contributed by atoms with E-state index in [0.717, 1.165) is 41.2 Å². The summed E-state index contributed by atoms with van der Waals surface area (Å²) in [5.74, 6) is 0.488. The van der Waals surface area contributed by atoms with Crippen LogP contribution in [0.5, 0.6) is 11.5 Å². The number of amides is 1. The van der Waals surface area contributed by atoms with Crippen LogP contribution in [0, 0.1) is 5.92 Å². The van der Waals surface area contributed by atoms with Crippen molar-refractivity contribution in [2.24, 2.45) is 5.92 Å². The maximum Gasteiger partial charge on any atom is 0.225 e. The van der Waals surface area contributed by atoms with Gasteiger partial charge in [-0.1, -0.05) is 42.5 Å². The third-order valence-electron chi connectivity index (χ3n) is 6.83. The van der Waals surface area contributed by atoms with Crippen molar-refractivity contribution in [2.45, 2.75) is 32.2 Å². The zero-order valence-corrected chi connectivity index (χ0v) is 21.9. The van der Waals surface area contributed by atoms with Gasteiger partial charge in [0, 0.05) is 54.7 Å². The highest BCUT2D eigenvalue weighted by Crippen LogP contribution is 2.45. The Labute approximate surface area is 223 Å². The zero-order chi connectivity index (χ0) is 26.5. The van der Waals surface area contributed by atoms with E-state index in [1.54, 1.807) is 24.7 Å². The van der Waals surface area contributed by atoms with E-state index in [0.29, 0.717) is 12.3 Å². The van der Waals surface area contributed by atoms with Gasteiger partial charge in [-0.25, -0.2) is 4.98 Å². The Morgan fingerprint density at radius 1 is 1.05 bits per heavy atom. The SMILES string of the molecule is CC1=C(NC(=O)CC2c3ccccc3Oc3ccccc32)C(COCCCn2ccnc2)C(=S(=O)=O)C=C1. The van der Waals surface area contributed by atoms with Gasteiger partial charge in [0.2, 0.25) is 16.2 Å². The number of rotatable bonds is 9. The second-order valence-corrected chi connectivity index (χ2v) is 10.3. The molecule has 0 saturated heterocycles. The summed E-state index contributed by atoms with van der Waals surface area (Å²) < 4.78 is 38.0. The number of allylic oxidation sites excluding steroid dienone is 3. The molecule has 1 atom stereocenters. The molecular formula is C29H29N3O5S. The predicted molar refractivity (Wildman–Crippen MR) is 144 cm³/mol. The number of para-hydroxylation sites is 2. The van der Waals surface area contributed by atoms with Gasteiger partial charge in [0.25, 0.3) is 0 Å². The first-order chi connectivity index (χ1) is 18.5. The minimum Gasteiger partial charge on any atom is -0.457 e. The highest BCUT2D eigenvalue weighted by molar-refractivity contribution is 7.73. The molecule has 38 heavy (non-hydrogen) atoms. The summed E-state index contributed by atoms with van der Waals surface area (Å²) in [6.07, 6.45) is 9.59. The summed E-state index contributed by atoms with van der Waals surface area (Å²) in [5.41, 5.74) is 3.25. The number of fused-ring (bicyclic) bond motifs is 2. The van der Waals surface area contributed by atoms with Crippen molar-refractivity contribution in [3.8, 4) is 11.5 Å². The van der Waals surface area contributed by atoms with Crippen molar-refractivity contribution >= 4 is 21.1 Å². The Hall–Kier alpha value is -3.95. The fourth-order valence-corrected chi connectivity index (χ4v) is 5.53. The van der Waals surface area contributed by atoms with Crippen molar-refractivity contribution in [1.29, 1.82) is 0 Å². The Bertz CT molecular complexity index is 1470. The average Bonchev–Trinajstić information content (AvgIpc) is 3.43. The number of hydrogen-bond acceptors (Lipinski definition) is 6. The van der Waals surface area contributed by atoms with Crippen LogP contribution in [-0.4, -0.2) is 42.0 Å². The molecule has 8 nitrogen and oxygen atoms in total. The number of nitrogens with one attached hydrogen (secondary N) is 1. The molecule has 0 radical (unpaired) electrons. The number of nitrogens with zero attached hydrogens (tertiary/aromatic N) is 2. The van der Waals surface area contributed by atoms with Gasteiger partial charge in [-0.05, 0) is 37.1 Å². The predicted octanol–water partition coefficient (Wildman–Crippen LogP) is 4.25. The average molecular weight is 532 g/mol. The number of aromatic nitrogens is 2. The third-order valence-corrected chi connectivity index (χ3v) is 7.63. The molecule has 1 amide bonds. The molecule has 196 valence electrons. The Morgan fingerprint density at radius 3 is 2.42 bits per heavy atom. The van der Waals surface area contributed by atoms with Crippen LogP contribution in [0.25, 0.3) is 0 Å². The number of ether oxygens (including phenoxy) is 2. The highest BCUT2D eigenvalue weighted by Gasteiger charge is 2.31. The quantitative estimate of drug-likeness (QED) is 0.328. The molecule has 1 aliphatic heterocycles. The van der Waals surface area contributed by atoms with Crippen LogP contribution in [0.3, 0.4) is 0 Å². The highest BCUT2D eigenvalue weighted by atomic mass is 32.2. The Balaban J connectivity index is 1.31. The van der Waals surface area contributed by atoms with Crippen LogP contribution in [-0.2, 0) is 26.4 Å². The molecule has 2 aromatic carbocycles. The number of hydrogen-bond donors (Lipinski definition) is 1. The number of carbonyl (C=O) groups excluding carboxylic acids is 1. The molecule has 5 rings (SSSR count). The first-order valence-corrected chi connectivity index (χ1v) is 13.6. The van der Waals surface area contributed by atoms with Crippen LogP contribution < -0.4 is 10.1 Å². The summed E-state index contributed by atoms with van der Waals surface area (Å²) in [4.78, 5) is 17.7. The molecule has 2 heterocycles. The van der Waals surface area contributed by atoms with Crippen LogP contribution in [0.15, 0.2) is 90.7 Å². The van der Waals surface area contributed by atoms with Crippen LogP contribution in [0.2, 0.25) is 0 Å². The van der Waals surface area contributed by atoms with Crippen LogP contribution in [0.4, 0.5) is 0 Å². The molecule has 1 N–H and O–H groups in total. The van der Waals surface area contributed by atoms with Gasteiger partial charge in [0.05, 0.1) is 23.7 Å². The van der Waals surface area contributed by atoms with Crippen molar-refractivity contribution in [3.05, 3.63) is 102 Å². The molecule has 0 spiro atoms. The van der Waals surface area contributed by atoms with Gasteiger partial charge in [-0.3, -0.25) is 4.79 Å². The largest absolute Gasteiger partial charge is 0.457 e. The lowest BCUT2D eigenvalue weighted by atomic mass is 9.85. The van der Waals surface area contributed by atoms with Gasteiger partial charge < -0.3 is 19.4 Å². The molecule has 0 bridgehead atoms. The van der Waals surface area contributed by atoms with Gasteiger partial charge in [-0.2, -0.15) is 8.42 Å². The zero-order valence-electron chi connectivity index (χ0n) is 21.0. The second kappa shape index (κ2) is 11.6. The number of carbonyl (C=O) groups is 1. The molecule has 0 fully saturated rings. The number of aryl methyl sites for hydroxylation is 1. The van der Waals surface area contributed by atoms with E-state index >= 15 is 0 Å². The Morgan fingerprint density at radius 2 is 1.76 bits per heavy atom. The van der Waals surface area contributed by atoms with E-state index in [2.05, 4.69) is 10.3 Å². The summed E-state index contributed by atoms with van der Waals surface area (Å²) in [6.45, 7) is 3.21. The summed E-state index contributed by atoms with van der Waals surface area (Å²) >= 11 is 0. The minimum atomic E-state index is -2.44. The van der Waals surface area contributed by atoms with Crippen molar-refractivity contribution in [1.82, 2.24) is 14.9 Å². The van der Waals surface area contributed by atoms with E-state index in [-0.39, 0.29) is 29.7 Å². The topological polar surface area (TPSA) is 99.5 Å². The van der Waals surface area contributed by atoms with E-state index in [1.165, 1.54) is 0 Å². The molecule has 1 aliphatic carbocycles. The first-order valence-electron chi connectivity index (χ1n) is 12.5. The molecular weight excluding hydrogens is 502 g/mol. The molecule has 1 unspecified atom stereocenters. The summed E-state index contributed by atoms with van der Waals surface area (Å²) in [5, 5.41) is 3.04. The fraction of sp³-hybridized carbons (Fsp3) is 0.276. The minimum absolute atomic E-state index is 0.146. The second-order valence-electron chi connectivity index (χ2n) is 9.33. The summed E-state index contributed by atoms with van der Waals surface area (Å²) in [6, 6.07) is 15.4. The first kappa shape index (κ1) is 25.7. The molecule has 9 heteroatoms. The number of benzene rings is 2. The van der Waals surface area contributed by atoms with Gasteiger partial charge in [0.15, 0.2) is 0 Å². The monoisotopic (exact) mass is 531 g/mol. The van der Waals surface area contributed by atoms with E-state index < -0.39 is 16.2 Å². The van der Waals surface area contributed by atoms with E-state index in [9.17, 15) is 13.2 Å². The summed E-state index contributed by atoms with van der Waals surface area (Å²) in [7, 11) is -2.44. The maximum absolute atomic E-state index is 13.5. The normalized spacial score (nSPS) is 16.6. The Kier molecular flexibility index (Phi) is 7.86.